The van der Waals surface area contributed by atoms with Crippen molar-refractivity contribution in [2.45, 2.75) is 6.61 Å². The smallest absolute Gasteiger partial charge is 0.248 e. The number of carbonyl (C=O) groups is 1. The SMILES string of the molecule is COc1cccc(NC(=O)C=Cc2ccc(OCc3c(Cl)cccc3Cl)c(OC)c2)c1. The van der Waals surface area contributed by atoms with Gasteiger partial charge in [0.2, 0.25) is 5.91 Å². The summed E-state index contributed by atoms with van der Waals surface area (Å²) in [5, 5.41) is 3.86. The molecule has 0 aromatic heterocycles. The van der Waals surface area contributed by atoms with E-state index in [9.17, 15) is 4.79 Å². The van der Waals surface area contributed by atoms with E-state index in [1.165, 1.54) is 6.08 Å². The molecular formula is C24H21Cl2NO4. The molecule has 7 heteroatoms. The van der Waals surface area contributed by atoms with Gasteiger partial charge in [0.15, 0.2) is 11.5 Å². The number of ether oxygens (including phenoxy) is 3. The van der Waals surface area contributed by atoms with Gasteiger partial charge in [-0.2, -0.15) is 0 Å². The summed E-state index contributed by atoms with van der Waals surface area (Å²) in [6.07, 6.45) is 3.13. The molecule has 1 amide bonds. The third-order valence-electron chi connectivity index (χ3n) is 4.39. The molecule has 0 atom stereocenters. The summed E-state index contributed by atoms with van der Waals surface area (Å²) in [4.78, 5) is 12.2. The molecular weight excluding hydrogens is 437 g/mol. The van der Waals surface area contributed by atoms with Crippen LogP contribution in [0.4, 0.5) is 5.69 Å². The van der Waals surface area contributed by atoms with Crippen LogP contribution in [0.3, 0.4) is 0 Å². The van der Waals surface area contributed by atoms with E-state index >= 15 is 0 Å². The predicted molar refractivity (Wildman–Crippen MR) is 124 cm³/mol. The maximum absolute atomic E-state index is 12.2. The second-order valence-electron chi connectivity index (χ2n) is 6.45. The number of hydrogen-bond acceptors (Lipinski definition) is 4. The van der Waals surface area contributed by atoms with Crippen LogP contribution >= 0.6 is 23.2 Å². The summed E-state index contributed by atoms with van der Waals surface area (Å²) < 4.78 is 16.4. The number of nitrogens with one attached hydrogen (secondary N) is 1. The molecule has 3 aromatic rings. The fourth-order valence-electron chi connectivity index (χ4n) is 2.78. The van der Waals surface area contributed by atoms with Crippen molar-refractivity contribution < 1.29 is 19.0 Å². The molecule has 0 spiro atoms. The lowest BCUT2D eigenvalue weighted by atomic mass is 10.2. The van der Waals surface area contributed by atoms with Crippen molar-refractivity contribution in [2.75, 3.05) is 19.5 Å². The first-order chi connectivity index (χ1) is 15.0. The van der Waals surface area contributed by atoms with E-state index in [0.717, 1.165) is 5.56 Å². The quantitative estimate of drug-likeness (QED) is 0.406. The molecule has 1 N–H and O–H groups in total. The number of hydrogen-bond donors (Lipinski definition) is 1. The van der Waals surface area contributed by atoms with E-state index in [1.807, 2.05) is 6.07 Å². The largest absolute Gasteiger partial charge is 0.497 e. The third kappa shape index (κ3) is 6.17. The second kappa shape index (κ2) is 10.8. The summed E-state index contributed by atoms with van der Waals surface area (Å²) in [6, 6.07) is 17.8. The fourth-order valence-corrected chi connectivity index (χ4v) is 3.29. The summed E-state index contributed by atoms with van der Waals surface area (Å²) in [6.45, 7) is 0.201. The molecule has 0 aliphatic heterocycles. The lowest BCUT2D eigenvalue weighted by Gasteiger charge is -2.13. The Kier molecular flexibility index (Phi) is 7.82. The van der Waals surface area contributed by atoms with Gasteiger partial charge in [0.05, 0.1) is 14.2 Å². The van der Waals surface area contributed by atoms with E-state index in [0.29, 0.717) is 38.5 Å². The van der Waals surface area contributed by atoms with Crippen LogP contribution in [0.1, 0.15) is 11.1 Å². The van der Waals surface area contributed by atoms with Crippen molar-refractivity contribution in [3.63, 3.8) is 0 Å². The van der Waals surface area contributed by atoms with Gasteiger partial charge in [-0.05, 0) is 48.0 Å². The molecule has 0 unspecified atom stereocenters. The first-order valence-electron chi connectivity index (χ1n) is 9.37. The molecule has 3 rings (SSSR count). The van der Waals surface area contributed by atoms with E-state index < -0.39 is 0 Å². The molecule has 0 saturated heterocycles. The lowest BCUT2D eigenvalue weighted by Crippen LogP contribution is -2.07. The standard InChI is InChI=1S/C24H21Cl2NO4/c1-29-18-6-3-5-17(14-18)27-24(28)12-10-16-9-11-22(23(13-16)30-2)31-15-19-20(25)7-4-8-21(19)26/h3-14H,15H2,1-2H3,(H,27,28). The Hall–Kier alpha value is -3.15. The Morgan fingerprint density at radius 3 is 2.39 bits per heavy atom. The Morgan fingerprint density at radius 2 is 1.68 bits per heavy atom. The van der Waals surface area contributed by atoms with Crippen LogP contribution in [0.2, 0.25) is 10.0 Å². The molecule has 5 nitrogen and oxygen atoms in total. The van der Waals surface area contributed by atoms with E-state index in [2.05, 4.69) is 5.32 Å². The van der Waals surface area contributed by atoms with Crippen molar-refractivity contribution in [1.29, 1.82) is 0 Å². The number of methoxy groups -OCH3 is 2. The number of anilines is 1. The average molecular weight is 458 g/mol. The Balaban J connectivity index is 1.66. The average Bonchev–Trinajstić information content (AvgIpc) is 2.78. The monoisotopic (exact) mass is 457 g/mol. The van der Waals surface area contributed by atoms with Crippen molar-refractivity contribution in [1.82, 2.24) is 0 Å². The number of amides is 1. The molecule has 0 heterocycles. The minimum Gasteiger partial charge on any atom is -0.497 e. The van der Waals surface area contributed by atoms with Crippen LogP contribution in [0.25, 0.3) is 6.08 Å². The van der Waals surface area contributed by atoms with Crippen molar-refractivity contribution >= 4 is 40.9 Å². The summed E-state index contributed by atoms with van der Waals surface area (Å²) in [5.74, 6) is 1.47. The lowest BCUT2D eigenvalue weighted by molar-refractivity contribution is -0.111. The molecule has 0 saturated carbocycles. The van der Waals surface area contributed by atoms with Crippen LogP contribution in [0.5, 0.6) is 17.2 Å². The van der Waals surface area contributed by atoms with Gasteiger partial charge in [-0.25, -0.2) is 0 Å². The molecule has 160 valence electrons. The molecule has 3 aromatic carbocycles. The van der Waals surface area contributed by atoms with Crippen LogP contribution in [-0.2, 0) is 11.4 Å². The highest BCUT2D eigenvalue weighted by atomic mass is 35.5. The molecule has 0 fully saturated rings. The Bertz CT molecular complexity index is 1080. The van der Waals surface area contributed by atoms with E-state index in [-0.39, 0.29) is 12.5 Å². The van der Waals surface area contributed by atoms with Gasteiger partial charge in [0, 0.05) is 33.4 Å². The summed E-state index contributed by atoms with van der Waals surface area (Å²) in [5.41, 5.74) is 2.13. The maximum Gasteiger partial charge on any atom is 0.248 e. The number of benzene rings is 3. The molecule has 0 bridgehead atoms. The van der Waals surface area contributed by atoms with Crippen LogP contribution in [-0.4, -0.2) is 20.1 Å². The van der Waals surface area contributed by atoms with E-state index in [1.54, 1.807) is 74.9 Å². The van der Waals surface area contributed by atoms with Crippen molar-refractivity contribution in [3.05, 3.63) is 87.9 Å². The predicted octanol–water partition coefficient (Wildman–Crippen LogP) is 6.24. The highest BCUT2D eigenvalue weighted by Gasteiger charge is 2.10. The Morgan fingerprint density at radius 1 is 0.935 bits per heavy atom. The fraction of sp³-hybridized carbons (Fsp3) is 0.125. The molecule has 31 heavy (non-hydrogen) atoms. The molecule has 0 aliphatic carbocycles. The highest BCUT2D eigenvalue weighted by Crippen LogP contribution is 2.31. The zero-order chi connectivity index (χ0) is 22.2. The van der Waals surface area contributed by atoms with Gasteiger partial charge in [-0.1, -0.05) is 41.4 Å². The van der Waals surface area contributed by atoms with Gasteiger partial charge in [0.1, 0.15) is 12.4 Å². The van der Waals surface area contributed by atoms with Gasteiger partial charge in [-0.15, -0.1) is 0 Å². The third-order valence-corrected chi connectivity index (χ3v) is 5.09. The minimum absolute atomic E-state index is 0.201. The topological polar surface area (TPSA) is 56.8 Å². The van der Waals surface area contributed by atoms with Crippen LogP contribution in [0.15, 0.2) is 66.7 Å². The highest BCUT2D eigenvalue weighted by molar-refractivity contribution is 6.35. The van der Waals surface area contributed by atoms with E-state index in [4.69, 9.17) is 37.4 Å². The number of rotatable bonds is 8. The first-order valence-corrected chi connectivity index (χ1v) is 10.1. The second-order valence-corrected chi connectivity index (χ2v) is 7.27. The first kappa shape index (κ1) is 22.5. The Labute approximate surface area is 191 Å². The van der Waals surface area contributed by atoms with Crippen LogP contribution < -0.4 is 19.5 Å². The minimum atomic E-state index is -0.263. The summed E-state index contributed by atoms with van der Waals surface area (Å²) in [7, 11) is 3.12. The molecule has 0 aliphatic rings. The number of carbonyl (C=O) groups excluding carboxylic acids is 1. The van der Waals surface area contributed by atoms with Gasteiger partial charge < -0.3 is 19.5 Å². The van der Waals surface area contributed by atoms with Crippen LogP contribution in [0, 0.1) is 0 Å². The van der Waals surface area contributed by atoms with Gasteiger partial charge in [-0.3, -0.25) is 4.79 Å². The summed E-state index contributed by atoms with van der Waals surface area (Å²) >= 11 is 12.4. The normalized spacial score (nSPS) is 10.7. The zero-order valence-corrected chi connectivity index (χ0v) is 18.5. The number of halogens is 2. The van der Waals surface area contributed by atoms with Crippen molar-refractivity contribution in [3.8, 4) is 17.2 Å². The zero-order valence-electron chi connectivity index (χ0n) is 17.0. The van der Waals surface area contributed by atoms with Gasteiger partial charge in [0.25, 0.3) is 0 Å². The molecule has 0 radical (unpaired) electrons. The van der Waals surface area contributed by atoms with Crippen molar-refractivity contribution in [2.24, 2.45) is 0 Å². The maximum atomic E-state index is 12.2. The van der Waals surface area contributed by atoms with Gasteiger partial charge >= 0.3 is 0 Å².